The lowest BCUT2D eigenvalue weighted by Crippen LogP contribution is -2.35. The van der Waals surface area contributed by atoms with Gasteiger partial charge in [-0.3, -0.25) is 9.59 Å². The van der Waals surface area contributed by atoms with Gasteiger partial charge in [0.2, 0.25) is 0 Å². The summed E-state index contributed by atoms with van der Waals surface area (Å²) >= 11 is 0. The Morgan fingerprint density at radius 3 is 2.28 bits per heavy atom. The Morgan fingerprint density at radius 2 is 1.75 bits per heavy atom. The smallest absolute Gasteiger partial charge is 0.355 e. The van der Waals surface area contributed by atoms with Crippen LogP contribution in [0, 0.1) is 13.8 Å². The molecule has 1 aromatic heterocycles. The third-order valence-corrected chi connectivity index (χ3v) is 6.57. The Labute approximate surface area is 212 Å². The van der Waals surface area contributed by atoms with E-state index in [1.807, 2.05) is 43.3 Å². The number of hydrogen-bond acceptors (Lipinski definition) is 6. The molecule has 2 heterocycles. The van der Waals surface area contributed by atoms with Crippen molar-refractivity contribution in [3.05, 3.63) is 63.5 Å². The van der Waals surface area contributed by atoms with E-state index in [1.54, 1.807) is 20.8 Å². The van der Waals surface area contributed by atoms with Crippen LogP contribution in [0.3, 0.4) is 0 Å². The number of aromatic nitrogens is 1. The number of aliphatic hydroxyl groups excluding tert-OH is 1. The Hall–Kier alpha value is -3.39. The Kier molecular flexibility index (Phi) is 7.79. The van der Waals surface area contributed by atoms with Gasteiger partial charge in [0.25, 0.3) is 11.7 Å². The van der Waals surface area contributed by atoms with Crippen molar-refractivity contribution in [1.29, 1.82) is 0 Å². The minimum absolute atomic E-state index is 0.0165. The number of hydrogen-bond donors (Lipinski definition) is 2. The molecule has 1 aliphatic heterocycles. The van der Waals surface area contributed by atoms with Crippen molar-refractivity contribution in [3.63, 3.8) is 0 Å². The number of aliphatic hydroxyl groups is 1. The number of Topliss-reactive ketones (excluding diaryl/α,β-unsaturated/α-hetero) is 1. The van der Waals surface area contributed by atoms with Crippen LogP contribution in [0.15, 0.2) is 29.8 Å². The number of aromatic amines is 1. The number of rotatable bonds is 7. The third-order valence-electron chi connectivity index (χ3n) is 6.57. The summed E-state index contributed by atoms with van der Waals surface area (Å²) in [5, 5.41) is 11.5. The summed E-state index contributed by atoms with van der Waals surface area (Å²) in [7, 11) is 3.79. The second kappa shape index (κ2) is 10.3. The number of ketones is 1. The van der Waals surface area contributed by atoms with Crippen LogP contribution in [0.25, 0.3) is 5.76 Å². The molecule has 1 fully saturated rings. The lowest BCUT2D eigenvalue weighted by molar-refractivity contribution is -0.140. The molecule has 8 heteroatoms. The molecular formula is C28H37N3O5. The molecule has 0 unspecified atom stereocenters. The fourth-order valence-electron chi connectivity index (χ4n) is 4.58. The van der Waals surface area contributed by atoms with Gasteiger partial charge in [0.1, 0.15) is 11.5 Å². The highest BCUT2D eigenvalue weighted by molar-refractivity contribution is 6.46. The predicted octanol–water partition coefficient (Wildman–Crippen LogP) is 4.09. The lowest BCUT2D eigenvalue weighted by Gasteiger charge is -2.27. The predicted molar refractivity (Wildman–Crippen MR) is 139 cm³/mol. The monoisotopic (exact) mass is 495 g/mol. The van der Waals surface area contributed by atoms with Crippen molar-refractivity contribution >= 4 is 23.4 Å². The molecule has 1 saturated heterocycles. The number of ether oxygens (including phenoxy) is 1. The molecule has 0 saturated carbocycles. The number of likely N-dealkylation sites (tertiary alicyclic amines) is 1. The number of H-pyrrole nitrogens is 1. The molecule has 1 aromatic carbocycles. The van der Waals surface area contributed by atoms with Gasteiger partial charge in [0.15, 0.2) is 0 Å². The van der Waals surface area contributed by atoms with E-state index in [4.69, 9.17) is 4.74 Å². The van der Waals surface area contributed by atoms with E-state index < -0.39 is 23.7 Å². The number of carbonyl (C=O) groups is 3. The zero-order valence-corrected chi connectivity index (χ0v) is 22.5. The maximum absolute atomic E-state index is 13.3. The van der Waals surface area contributed by atoms with E-state index in [0.717, 1.165) is 11.1 Å². The van der Waals surface area contributed by atoms with Gasteiger partial charge >= 0.3 is 5.97 Å². The molecule has 1 aliphatic rings. The van der Waals surface area contributed by atoms with Gasteiger partial charge in [-0.1, -0.05) is 45.0 Å². The van der Waals surface area contributed by atoms with Crippen molar-refractivity contribution in [2.45, 2.75) is 53.0 Å². The van der Waals surface area contributed by atoms with Crippen LogP contribution in [-0.2, 0) is 19.7 Å². The topological polar surface area (TPSA) is 103 Å². The van der Waals surface area contributed by atoms with E-state index in [9.17, 15) is 19.5 Å². The quantitative estimate of drug-likeness (QED) is 0.260. The first-order valence-electron chi connectivity index (χ1n) is 12.2. The van der Waals surface area contributed by atoms with Gasteiger partial charge in [-0.2, -0.15) is 0 Å². The highest BCUT2D eigenvalue weighted by Crippen LogP contribution is 2.41. The van der Waals surface area contributed by atoms with Crippen molar-refractivity contribution in [2.75, 3.05) is 33.8 Å². The van der Waals surface area contributed by atoms with Crippen LogP contribution >= 0.6 is 0 Å². The summed E-state index contributed by atoms with van der Waals surface area (Å²) in [4.78, 5) is 45.3. The number of esters is 1. The van der Waals surface area contributed by atoms with Crippen LogP contribution in [0.5, 0.6) is 0 Å². The minimum Gasteiger partial charge on any atom is -0.507 e. The molecule has 8 nitrogen and oxygen atoms in total. The maximum Gasteiger partial charge on any atom is 0.355 e. The summed E-state index contributed by atoms with van der Waals surface area (Å²) in [5.74, 6) is -2.24. The zero-order chi connectivity index (χ0) is 26.9. The van der Waals surface area contributed by atoms with Gasteiger partial charge in [0, 0.05) is 24.3 Å². The van der Waals surface area contributed by atoms with Crippen molar-refractivity contribution < 1.29 is 24.2 Å². The highest BCUT2D eigenvalue weighted by atomic mass is 16.5. The van der Waals surface area contributed by atoms with E-state index in [-0.39, 0.29) is 29.0 Å². The van der Waals surface area contributed by atoms with E-state index in [0.29, 0.717) is 29.9 Å². The second-order valence-corrected chi connectivity index (χ2v) is 10.5. The first kappa shape index (κ1) is 27.2. The average Bonchev–Trinajstić information content (AvgIpc) is 3.24. The molecule has 0 bridgehead atoms. The van der Waals surface area contributed by atoms with Gasteiger partial charge < -0.3 is 24.6 Å². The normalized spacial score (nSPS) is 17.8. The van der Waals surface area contributed by atoms with Gasteiger partial charge in [-0.05, 0) is 57.0 Å². The zero-order valence-electron chi connectivity index (χ0n) is 22.5. The average molecular weight is 496 g/mol. The van der Waals surface area contributed by atoms with Crippen LogP contribution in [-0.4, -0.2) is 71.3 Å². The van der Waals surface area contributed by atoms with Crippen LogP contribution in [0.1, 0.15) is 72.2 Å². The molecule has 36 heavy (non-hydrogen) atoms. The summed E-state index contributed by atoms with van der Waals surface area (Å²) in [6.07, 6.45) is 0. The third kappa shape index (κ3) is 5.09. The van der Waals surface area contributed by atoms with Crippen LogP contribution in [0.4, 0.5) is 0 Å². The Morgan fingerprint density at radius 1 is 1.14 bits per heavy atom. The molecule has 2 N–H and O–H groups in total. The molecular weight excluding hydrogens is 458 g/mol. The standard InChI is InChI=1S/C28H37N3O5/c1-9-36-27(35)22-16(2)20(17(3)29-22)24(32)21-23(18-10-12-19(13-11-18)28(4,5)6)31(15-14-30(7)8)26(34)25(21)33/h10-13,23,29,32H,9,14-15H2,1-8H3/t23-/m0/s1. The van der Waals surface area contributed by atoms with Gasteiger partial charge in [-0.25, -0.2) is 4.79 Å². The SMILES string of the molecule is CCOC(=O)c1[nH]c(C)c(C(O)=C2C(=O)C(=O)N(CCN(C)C)[C@H]2c2ccc(C(C)(C)C)cc2)c1C. The Bertz CT molecular complexity index is 1200. The lowest BCUT2D eigenvalue weighted by atomic mass is 9.85. The fraction of sp³-hybridized carbons (Fsp3) is 0.464. The molecule has 1 amide bonds. The second-order valence-electron chi connectivity index (χ2n) is 10.5. The summed E-state index contributed by atoms with van der Waals surface area (Å²) in [6.45, 7) is 12.5. The fourth-order valence-corrected chi connectivity index (χ4v) is 4.58. The van der Waals surface area contributed by atoms with Crippen molar-refractivity contribution in [3.8, 4) is 0 Å². The number of amides is 1. The van der Waals surface area contributed by atoms with Gasteiger partial charge in [0.05, 0.1) is 18.2 Å². The van der Waals surface area contributed by atoms with Crippen LogP contribution < -0.4 is 0 Å². The number of nitrogens with one attached hydrogen (secondary N) is 1. The van der Waals surface area contributed by atoms with E-state index in [1.165, 1.54) is 4.90 Å². The largest absolute Gasteiger partial charge is 0.507 e. The summed E-state index contributed by atoms with van der Waals surface area (Å²) < 4.78 is 5.12. The molecule has 3 rings (SSSR count). The number of benzene rings is 1. The van der Waals surface area contributed by atoms with Crippen LogP contribution in [0.2, 0.25) is 0 Å². The summed E-state index contributed by atoms with van der Waals surface area (Å²) in [6, 6.07) is 7.06. The number of nitrogens with zero attached hydrogens (tertiary/aromatic N) is 2. The van der Waals surface area contributed by atoms with Crippen molar-refractivity contribution in [2.24, 2.45) is 0 Å². The molecule has 1 atom stereocenters. The molecule has 2 aromatic rings. The molecule has 194 valence electrons. The first-order valence-corrected chi connectivity index (χ1v) is 12.2. The number of aryl methyl sites for hydroxylation is 1. The Balaban J connectivity index is 2.20. The van der Waals surface area contributed by atoms with Crippen molar-refractivity contribution in [1.82, 2.24) is 14.8 Å². The molecule has 0 radical (unpaired) electrons. The maximum atomic E-state index is 13.3. The highest BCUT2D eigenvalue weighted by Gasteiger charge is 2.46. The minimum atomic E-state index is -0.751. The summed E-state index contributed by atoms with van der Waals surface area (Å²) in [5.41, 5.74) is 3.33. The van der Waals surface area contributed by atoms with Gasteiger partial charge in [-0.15, -0.1) is 0 Å². The van der Waals surface area contributed by atoms with E-state index >= 15 is 0 Å². The number of carbonyl (C=O) groups excluding carboxylic acids is 3. The molecule has 0 aliphatic carbocycles. The molecule has 0 spiro atoms. The number of likely N-dealkylation sites (N-methyl/N-ethyl adjacent to an activating group) is 1. The first-order chi connectivity index (χ1) is 16.8. The van der Waals surface area contributed by atoms with E-state index in [2.05, 4.69) is 25.8 Å².